The van der Waals surface area contributed by atoms with E-state index in [-0.39, 0.29) is 29.8 Å². The van der Waals surface area contributed by atoms with E-state index in [1.165, 1.54) is 0 Å². The number of piperidine rings is 1. The van der Waals surface area contributed by atoms with E-state index in [0.717, 1.165) is 44.7 Å². The highest BCUT2D eigenvalue weighted by Gasteiger charge is 2.44. The van der Waals surface area contributed by atoms with E-state index in [0.29, 0.717) is 26.3 Å². The molecule has 10 nitrogen and oxygen atoms in total. The van der Waals surface area contributed by atoms with Crippen LogP contribution in [0.2, 0.25) is 0 Å². The van der Waals surface area contributed by atoms with Crippen LogP contribution >= 0.6 is 0 Å². The molecule has 0 unspecified atom stereocenters. The number of fused-ring (bicyclic) bond motifs is 4. The molecule has 2 aromatic rings. The molecular formula is C23H31N5O5. The van der Waals surface area contributed by atoms with E-state index in [4.69, 9.17) is 14.6 Å². The van der Waals surface area contributed by atoms with Gasteiger partial charge in [-0.1, -0.05) is 6.07 Å². The molecule has 1 amide bonds. The van der Waals surface area contributed by atoms with Crippen LogP contribution in [0.3, 0.4) is 0 Å². The molecule has 178 valence electrons. The van der Waals surface area contributed by atoms with Gasteiger partial charge in [-0.15, -0.1) is 0 Å². The van der Waals surface area contributed by atoms with Gasteiger partial charge in [0.2, 0.25) is 5.91 Å². The second-order valence-corrected chi connectivity index (χ2v) is 8.72. The number of carboxylic acid groups (broad SMARTS) is 1. The van der Waals surface area contributed by atoms with Crippen molar-refractivity contribution in [3.8, 4) is 0 Å². The molecule has 3 aliphatic rings. The molecule has 0 radical (unpaired) electrons. The lowest BCUT2D eigenvalue weighted by molar-refractivity contribution is -0.138. The van der Waals surface area contributed by atoms with Crippen molar-refractivity contribution in [3.63, 3.8) is 0 Å². The number of likely N-dealkylation sites (tertiary alicyclic amines) is 1. The SMILES string of the molecule is O=C([C@H]1[C@H]2C[C@H](CN(CCn3cccn3)C2)c2cccc(=O)n21)N1CCCOCC1.O=CO. The number of aromatic nitrogens is 3. The van der Waals surface area contributed by atoms with E-state index in [2.05, 4.69) is 10.00 Å². The van der Waals surface area contributed by atoms with Gasteiger partial charge >= 0.3 is 0 Å². The van der Waals surface area contributed by atoms with Gasteiger partial charge < -0.3 is 19.6 Å². The van der Waals surface area contributed by atoms with Crippen molar-refractivity contribution in [1.82, 2.24) is 24.1 Å². The minimum absolute atomic E-state index is 0.0587. The van der Waals surface area contributed by atoms with Crippen LogP contribution in [0.5, 0.6) is 0 Å². The van der Waals surface area contributed by atoms with Gasteiger partial charge in [0.1, 0.15) is 6.04 Å². The number of nitrogens with zero attached hydrogens (tertiary/aromatic N) is 5. The maximum absolute atomic E-state index is 13.7. The molecule has 2 saturated heterocycles. The monoisotopic (exact) mass is 457 g/mol. The first-order valence-electron chi connectivity index (χ1n) is 11.5. The molecule has 0 aromatic carbocycles. The van der Waals surface area contributed by atoms with Gasteiger partial charge in [-0.2, -0.15) is 5.10 Å². The normalized spacial score (nSPS) is 24.7. The first-order chi connectivity index (χ1) is 16.1. The van der Waals surface area contributed by atoms with Gasteiger partial charge in [0.15, 0.2) is 0 Å². The van der Waals surface area contributed by atoms with Crippen LogP contribution in [0.25, 0.3) is 0 Å². The van der Waals surface area contributed by atoms with Crippen LogP contribution < -0.4 is 5.56 Å². The molecule has 0 saturated carbocycles. The Hall–Kier alpha value is -2.98. The fraction of sp³-hybridized carbons (Fsp3) is 0.565. The molecule has 1 N–H and O–H groups in total. The minimum Gasteiger partial charge on any atom is -0.483 e. The van der Waals surface area contributed by atoms with E-state index in [1.54, 1.807) is 16.8 Å². The van der Waals surface area contributed by atoms with Crippen LogP contribution in [0.4, 0.5) is 0 Å². The fourth-order valence-corrected chi connectivity index (χ4v) is 5.36. The lowest BCUT2D eigenvalue weighted by atomic mass is 9.78. The lowest BCUT2D eigenvalue weighted by Gasteiger charge is -2.47. The molecule has 3 aliphatic heterocycles. The summed E-state index contributed by atoms with van der Waals surface area (Å²) in [5.41, 5.74) is 0.948. The van der Waals surface area contributed by atoms with Crippen molar-refractivity contribution in [3.05, 3.63) is 52.7 Å². The Kier molecular flexibility index (Phi) is 7.56. The van der Waals surface area contributed by atoms with Gasteiger partial charge in [0.25, 0.3) is 12.0 Å². The molecule has 3 atom stereocenters. The largest absolute Gasteiger partial charge is 0.483 e. The number of pyridine rings is 1. The summed E-state index contributed by atoms with van der Waals surface area (Å²) in [4.78, 5) is 39.2. The summed E-state index contributed by atoms with van der Waals surface area (Å²) in [6, 6.07) is 6.97. The van der Waals surface area contributed by atoms with Crippen molar-refractivity contribution in [2.45, 2.75) is 31.3 Å². The standard InChI is InChI=1S/C22H29N5O3.CH2O2/c28-20-5-1-4-19-17-14-18(16-24(15-17)9-10-26-8-2-6-23-26)21(27(19)20)22(29)25-7-3-12-30-13-11-25;2-1-3/h1-2,4-6,8,17-18,21H,3,7,9-16H2;1H,(H,2,3)/t17-,18+,21-;/m1./s1. The van der Waals surface area contributed by atoms with E-state index >= 15 is 0 Å². The third-order valence-electron chi connectivity index (χ3n) is 6.71. The van der Waals surface area contributed by atoms with Crippen molar-refractivity contribution < 1.29 is 19.4 Å². The highest BCUT2D eigenvalue weighted by atomic mass is 16.5. The average Bonchev–Trinajstić information content (AvgIpc) is 3.19. The Bertz CT molecular complexity index is 983. The molecule has 0 aliphatic carbocycles. The summed E-state index contributed by atoms with van der Waals surface area (Å²) >= 11 is 0. The second-order valence-electron chi connectivity index (χ2n) is 8.72. The van der Waals surface area contributed by atoms with Crippen molar-refractivity contribution in [1.29, 1.82) is 0 Å². The maximum Gasteiger partial charge on any atom is 0.290 e. The van der Waals surface area contributed by atoms with Crippen LogP contribution in [0.1, 0.15) is 30.5 Å². The number of carbonyl (C=O) groups is 2. The molecule has 5 heterocycles. The topological polar surface area (TPSA) is 110 Å². The Morgan fingerprint density at radius 1 is 1.18 bits per heavy atom. The predicted molar refractivity (Wildman–Crippen MR) is 120 cm³/mol. The highest BCUT2D eigenvalue weighted by Crippen LogP contribution is 2.41. The zero-order chi connectivity index (χ0) is 23.2. The van der Waals surface area contributed by atoms with E-state index < -0.39 is 6.04 Å². The Balaban J connectivity index is 0.000000821. The van der Waals surface area contributed by atoms with Crippen LogP contribution in [-0.2, 0) is 20.9 Å². The molecular weight excluding hydrogens is 426 g/mol. The first-order valence-corrected chi connectivity index (χ1v) is 11.5. The number of amides is 1. The quantitative estimate of drug-likeness (QED) is 0.672. The van der Waals surface area contributed by atoms with E-state index in [1.807, 2.05) is 34.0 Å². The number of ether oxygens (including phenoxy) is 1. The smallest absolute Gasteiger partial charge is 0.290 e. The third-order valence-corrected chi connectivity index (χ3v) is 6.71. The van der Waals surface area contributed by atoms with Gasteiger partial charge in [-0.3, -0.25) is 23.6 Å². The van der Waals surface area contributed by atoms with Gasteiger partial charge in [-0.05, 0) is 25.0 Å². The average molecular weight is 458 g/mol. The summed E-state index contributed by atoms with van der Waals surface area (Å²) in [7, 11) is 0. The predicted octanol–water partition coefficient (Wildman–Crippen LogP) is 0.655. The summed E-state index contributed by atoms with van der Waals surface area (Å²) in [5.74, 6) is 0.504. The molecule has 5 rings (SSSR count). The van der Waals surface area contributed by atoms with Crippen molar-refractivity contribution in [2.24, 2.45) is 5.92 Å². The zero-order valence-electron chi connectivity index (χ0n) is 18.7. The summed E-state index contributed by atoms with van der Waals surface area (Å²) in [5, 5.41) is 11.2. The first kappa shape index (κ1) is 23.2. The molecule has 2 bridgehead atoms. The van der Waals surface area contributed by atoms with Crippen LogP contribution in [-0.4, -0.2) is 87.6 Å². The molecule has 10 heteroatoms. The molecule has 0 spiro atoms. The molecule has 33 heavy (non-hydrogen) atoms. The molecule has 2 aromatic heterocycles. The van der Waals surface area contributed by atoms with Crippen molar-refractivity contribution in [2.75, 3.05) is 45.9 Å². The molecule has 2 fully saturated rings. The maximum atomic E-state index is 13.7. The zero-order valence-corrected chi connectivity index (χ0v) is 18.7. The number of hydrogen-bond donors (Lipinski definition) is 1. The number of carbonyl (C=O) groups excluding carboxylic acids is 1. The van der Waals surface area contributed by atoms with Crippen LogP contribution in [0, 0.1) is 5.92 Å². The highest BCUT2D eigenvalue weighted by molar-refractivity contribution is 5.81. The summed E-state index contributed by atoms with van der Waals surface area (Å²) < 4.78 is 9.29. The van der Waals surface area contributed by atoms with Crippen molar-refractivity contribution >= 4 is 12.4 Å². The Morgan fingerprint density at radius 2 is 2.03 bits per heavy atom. The van der Waals surface area contributed by atoms with Gasteiger partial charge in [0.05, 0.1) is 13.2 Å². The second kappa shape index (κ2) is 10.8. The van der Waals surface area contributed by atoms with Gasteiger partial charge in [0, 0.05) is 75.3 Å². The number of rotatable bonds is 4. The lowest BCUT2D eigenvalue weighted by Crippen LogP contribution is -2.54. The fourth-order valence-electron chi connectivity index (χ4n) is 5.36. The summed E-state index contributed by atoms with van der Waals surface area (Å²) in [6.45, 7) is 5.78. The number of hydrogen-bond acceptors (Lipinski definition) is 6. The summed E-state index contributed by atoms with van der Waals surface area (Å²) in [6.07, 6.45) is 5.58. The minimum atomic E-state index is -0.421. The van der Waals surface area contributed by atoms with Crippen LogP contribution in [0.15, 0.2) is 41.5 Å². The Morgan fingerprint density at radius 3 is 2.82 bits per heavy atom. The van der Waals surface area contributed by atoms with Gasteiger partial charge in [-0.25, -0.2) is 0 Å². The third kappa shape index (κ3) is 5.17. The Labute approximate surface area is 192 Å². The van der Waals surface area contributed by atoms with E-state index in [9.17, 15) is 9.59 Å².